The lowest BCUT2D eigenvalue weighted by atomic mass is 9.82. The van der Waals surface area contributed by atoms with E-state index in [1.807, 2.05) is 18.2 Å². The standard InChI is InChI=1S/C15H22O2/c1-2-14(12-7-4-3-5-8-12)15(16)13-9-6-10-17-11-13/h3-5,7-8,13-16H,2,6,9-11H2,1H3. The summed E-state index contributed by atoms with van der Waals surface area (Å²) in [5.74, 6) is 0.539. The summed E-state index contributed by atoms with van der Waals surface area (Å²) in [5, 5.41) is 10.5. The van der Waals surface area contributed by atoms with Crippen molar-refractivity contribution < 1.29 is 9.84 Å². The molecular weight excluding hydrogens is 212 g/mol. The molecule has 0 aromatic heterocycles. The molecule has 2 nitrogen and oxygen atoms in total. The summed E-state index contributed by atoms with van der Waals surface area (Å²) >= 11 is 0. The number of hydrogen-bond donors (Lipinski definition) is 1. The second-order valence-electron chi connectivity index (χ2n) is 4.89. The average molecular weight is 234 g/mol. The highest BCUT2D eigenvalue weighted by Crippen LogP contribution is 2.31. The fourth-order valence-electron chi connectivity index (χ4n) is 2.74. The van der Waals surface area contributed by atoms with Gasteiger partial charge in [0.15, 0.2) is 0 Å². The Morgan fingerprint density at radius 3 is 2.71 bits per heavy atom. The molecule has 0 radical (unpaired) electrons. The summed E-state index contributed by atoms with van der Waals surface area (Å²) in [4.78, 5) is 0. The van der Waals surface area contributed by atoms with Crippen molar-refractivity contribution in [2.75, 3.05) is 13.2 Å². The van der Waals surface area contributed by atoms with E-state index in [0.29, 0.717) is 12.5 Å². The van der Waals surface area contributed by atoms with Gasteiger partial charge in [-0.05, 0) is 24.8 Å². The zero-order valence-electron chi connectivity index (χ0n) is 10.5. The van der Waals surface area contributed by atoms with Crippen molar-refractivity contribution in [3.8, 4) is 0 Å². The summed E-state index contributed by atoms with van der Waals surface area (Å²) in [6.45, 7) is 3.71. The molecule has 1 heterocycles. The molecule has 1 aromatic carbocycles. The van der Waals surface area contributed by atoms with Crippen LogP contribution in [0.4, 0.5) is 0 Å². The zero-order valence-corrected chi connectivity index (χ0v) is 10.5. The van der Waals surface area contributed by atoms with Gasteiger partial charge >= 0.3 is 0 Å². The number of hydrogen-bond acceptors (Lipinski definition) is 2. The van der Waals surface area contributed by atoms with Crippen LogP contribution in [0.5, 0.6) is 0 Å². The van der Waals surface area contributed by atoms with E-state index in [9.17, 15) is 5.11 Å². The van der Waals surface area contributed by atoms with E-state index in [1.54, 1.807) is 0 Å². The predicted molar refractivity (Wildman–Crippen MR) is 69.0 cm³/mol. The second-order valence-corrected chi connectivity index (χ2v) is 4.89. The first kappa shape index (κ1) is 12.6. The lowest BCUT2D eigenvalue weighted by molar-refractivity contribution is -0.0200. The Morgan fingerprint density at radius 2 is 2.12 bits per heavy atom. The second kappa shape index (κ2) is 6.18. The molecule has 0 amide bonds. The Balaban J connectivity index is 2.07. The minimum Gasteiger partial charge on any atom is -0.392 e. The van der Waals surface area contributed by atoms with Gasteiger partial charge in [0.1, 0.15) is 0 Å². The Morgan fingerprint density at radius 1 is 1.35 bits per heavy atom. The van der Waals surface area contributed by atoms with Crippen molar-refractivity contribution in [2.45, 2.75) is 38.2 Å². The van der Waals surface area contributed by atoms with Gasteiger partial charge in [0.2, 0.25) is 0 Å². The molecule has 0 saturated carbocycles. The summed E-state index contributed by atoms with van der Waals surface area (Å²) in [6, 6.07) is 10.3. The highest BCUT2D eigenvalue weighted by Gasteiger charge is 2.29. The average Bonchev–Trinajstić information content (AvgIpc) is 2.42. The van der Waals surface area contributed by atoms with Crippen molar-refractivity contribution in [1.29, 1.82) is 0 Å². The van der Waals surface area contributed by atoms with Gasteiger partial charge in [-0.25, -0.2) is 0 Å². The van der Waals surface area contributed by atoms with E-state index in [2.05, 4.69) is 19.1 Å². The molecule has 1 N–H and O–H groups in total. The maximum atomic E-state index is 10.5. The number of rotatable bonds is 4. The maximum absolute atomic E-state index is 10.5. The fourth-order valence-corrected chi connectivity index (χ4v) is 2.74. The van der Waals surface area contributed by atoms with Gasteiger partial charge in [0.05, 0.1) is 12.7 Å². The normalized spacial score (nSPS) is 24.2. The summed E-state index contributed by atoms with van der Waals surface area (Å²) in [6.07, 6.45) is 2.86. The highest BCUT2D eigenvalue weighted by molar-refractivity contribution is 5.20. The molecule has 94 valence electrons. The lowest BCUT2D eigenvalue weighted by Gasteiger charge is -2.32. The molecule has 2 heteroatoms. The fraction of sp³-hybridized carbons (Fsp3) is 0.600. The third kappa shape index (κ3) is 3.08. The van der Waals surface area contributed by atoms with E-state index < -0.39 is 0 Å². The molecule has 17 heavy (non-hydrogen) atoms. The Hall–Kier alpha value is -0.860. The predicted octanol–water partition coefficient (Wildman–Crippen LogP) is 2.97. The van der Waals surface area contributed by atoms with Crippen LogP contribution >= 0.6 is 0 Å². The topological polar surface area (TPSA) is 29.5 Å². The number of ether oxygens (including phenoxy) is 1. The first-order chi connectivity index (χ1) is 8.33. The van der Waals surface area contributed by atoms with Gasteiger partial charge in [-0.3, -0.25) is 0 Å². The minimum absolute atomic E-state index is 0.239. The largest absolute Gasteiger partial charge is 0.392 e. The van der Waals surface area contributed by atoms with Crippen LogP contribution in [0.1, 0.15) is 37.7 Å². The highest BCUT2D eigenvalue weighted by atomic mass is 16.5. The monoisotopic (exact) mass is 234 g/mol. The van der Waals surface area contributed by atoms with Gasteiger partial charge in [-0.1, -0.05) is 37.3 Å². The molecule has 1 aromatic rings. The number of aliphatic hydroxyl groups is 1. The van der Waals surface area contributed by atoms with Gasteiger partial charge in [0, 0.05) is 18.4 Å². The van der Waals surface area contributed by atoms with Crippen molar-refractivity contribution >= 4 is 0 Å². The lowest BCUT2D eigenvalue weighted by Crippen LogP contribution is -2.33. The van der Waals surface area contributed by atoms with Crippen molar-refractivity contribution in [3.63, 3.8) is 0 Å². The SMILES string of the molecule is CCC(c1ccccc1)C(O)C1CCCOC1. The van der Waals surface area contributed by atoms with Gasteiger partial charge in [0.25, 0.3) is 0 Å². The van der Waals surface area contributed by atoms with Crippen LogP contribution in [0.2, 0.25) is 0 Å². The molecular formula is C15H22O2. The van der Waals surface area contributed by atoms with E-state index in [0.717, 1.165) is 25.9 Å². The first-order valence-corrected chi connectivity index (χ1v) is 6.63. The van der Waals surface area contributed by atoms with Crippen LogP contribution in [-0.2, 0) is 4.74 Å². The molecule has 1 aliphatic heterocycles. The van der Waals surface area contributed by atoms with Crippen molar-refractivity contribution in [1.82, 2.24) is 0 Å². The molecule has 1 saturated heterocycles. The number of benzene rings is 1. The smallest absolute Gasteiger partial charge is 0.0658 e. The third-order valence-corrected chi connectivity index (χ3v) is 3.76. The van der Waals surface area contributed by atoms with E-state index in [1.165, 1.54) is 5.56 Å². The molecule has 0 bridgehead atoms. The quantitative estimate of drug-likeness (QED) is 0.868. The molecule has 1 fully saturated rings. The molecule has 1 aliphatic rings. The summed E-state index contributed by atoms with van der Waals surface area (Å²) in [5.41, 5.74) is 1.24. The number of aliphatic hydroxyl groups excluding tert-OH is 1. The minimum atomic E-state index is -0.275. The van der Waals surface area contributed by atoms with E-state index >= 15 is 0 Å². The zero-order chi connectivity index (χ0) is 12.1. The Kier molecular flexibility index (Phi) is 4.57. The van der Waals surface area contributed by atoms with Crippen LogP contribution < -0.4 is 0 Å². The summed E-state index contributed by atoms with van der Waals surface area (Å²) in [7, 11) is 0. The van der Waals surface area contributed by atoms with E-state index in [4.69, 9.17) is 4.74 Å². The summed E-state index contributed by atoms with van der Waals surface area (Å²) < 4.78 is 5.47. The molecule has 0 aliphatic carbocycles. The molecule has 0 spiro atoms. The molecule has 2 rings (SSSR count). The Bertz CT molecular complexity index is 317. The third-order valence-electron chi connectivity index (χ3n) is 3.76. The van der Waals surface area contributed by atoms with Gasteiger partial charge in [-0.15, -0.1) is 0 Å². The van der Waals surface area contributed by atoms with Crippen molar-refractivity contribution in [3.05, 3.63) is 35.9 Å². The molecule has 3 unspecified atom stereocenters. The van der Waals surface area contributed by atoms with Crippen LogP contribution in [-0.4, -0.2) is 24.4 Å². The molecule has 3 atom stereocenters. The van der Waals surface area contributed by atoms with Gasteiger partial charge in [-0.2, -0.15) is 0 Å². The van der Waals surface area contributed by atoms with Crippen LogP contribution in [0, 0.1) is 5.92 Å². The van der Waals surface area contributed by atoms with Crippen LogP contribution in [0.3, 0.4) is 0 Å². The van der Waals surface area contributed by atoms with E-state index in [-0.39, 0.29) is 12.0 Å². The maximum Gasteiger partial charge on any atom is 0.0658 e. The van der Waals surface area contributed by atoms with Gasteiger partial charge < -0.3 is 9.84 Å². The Labute approximate surface area is 104 Å². The van der Waals surface area contributed by atoms with Crippen molar-refractivity contribution in [2.24, 2.45) is 5.92 Å². The van der Waals surface area contributed by atoms with Crippen LogP contribution in [0.25, 0.3) is 0 Å². The van der Waals surface area contributed by atoms with Crippen LogP contribution in [0.15, 0.2) is 30.3 Å². The first-order valence-electron chi connectivity index (χ1n) is 6.63.